The molecule has 0 saturated heterocycles. The molecule has 4 fully saturated rings. The van der Waals surface area contributed by atoms with Crippen LogP contribution in [0.2, 0.25) is 0 Å². The van der Waals surface area contributed by atoms with Crippen LogP contribution in [-0.4, -0.2) is 9.49 Å². The Morgan fingerprint density at radius 1 is 1.00 bits per heavy atom. The summed E-state index contributed by atoms with van der Waals surface area (Å²) in [6.45, 7) is 4.17. The quantitative estimate of drug-likeness (QED) is 0.216. The number of nitro groups is 1. The van der Waals surface area contributed by atoms with Crippen molar-refractivity contribution in [2.24, 2.45) is 17.8 Å². The molecule has 7 rings (SSSR count). The van der Waals surface area contributed by atoms with E-state index in [0.29, 0.717) is 16.6 Å². The number of hydrogen-bond donors (Lipinski definition) is 0. The van der Waals surface area contributed by atoms with E-state index in [4.69, 9.17) is 0 Å². The molecule has 0 radical (unpaired) electrons. The zero-order chi connectivity index (χ0) is 25.0. The van der Waals surface area contributed by atoms with Crippen LogP contribution in [0.1, 0.15) is 66.6 Å². The number of aromatic nitrogens is 1. The van der Waals surface area contributed by atoms with Gasteiger partial charge < -0.3 is 4.57 Å². The maximum atomic E-state index is 11.0. The number of allylic oxidation sites excluding steroid dienone is 1. The van der Waals surface area contributed by atoms with Gasteiger partial charge in [-0.25, -0.2) is 0 Å². The molecule has 1 heterocycles. The summed E-state index contributed by atoms with van der Waals surface area (Å²) in [5.41, 5.74) is 7.42. The Balaban J connectivity index is 1.30. The Labute approximate surface area is 212 Å². The molecule has 182 valence electrons. The highest BCUT2D eigenvalue weighted by Gasteiger charge is 2.51. The van der Waals surface area contributed by atoms with Gasteiger partial charge in [0.25, 0.3) is 5.69 Å². The van der Waals surface area contributed by atoms with Crippen molar-refractivity contribution in [1.29, 1.82) is 5.26 Å². The summed E-state index contributed by atoms with van der Waals surface area (Å²) in [4.78, 5) is 10.5. The molecule has 2 aromatic carbocycles. The van der Waals surface area contributed by atoms with E-state index in [0.717, 1.165) is 40.4 Å². The van der Waals surface area contributed by atoms with Crippen molar-refractivity contribution < 1.29 is 4.92 Å². The Hall–Kier alpha value is -3.65. The number of aryl methyl sites for hydroxylation is 1. The summed E-state index contributed by atoms with van der Waals surface area (Å²) in [5, 5.41) is 20.8. The third-order valence-electron chi connectivity index (χ3n) is 9.06. The Morgan fingerprint density at radius 3 is 2.11 bits per heavy atom. The van der Waals surface area contributed by atoms with Crippen LogP contribution in [-0.2, 0) is 5.41 Å². The van der Waals surface area contributed by atoms with Gasteiger partial charge in [0.2, 0.25) is 0 Å². The fraction of sp³-hybridized carbons (Fsp3) is 0.387. The van der Waals surface area contributed by atoms with E-state index in [-0.39, 0.29) is 5.69 Å². The van der Waals surface area contributed by atoms with Gasteiger partial charge in [-0.3, -0.25) is 10.1 Å². The molecule has 4 aliphatic carbocycles. The van der Waals surface area contributed by atoms with Gasteiger partial charge >= 0.3 is 0 Å². The van der Waals surface area contributed by atoms with Crippen LogP contribution in [0.25, 0.3) is 17.3 Å². The zero-order valence-electron chi connectivity index (χ0n) is 20.9. The predicted molar refractivity (Wildman–Crippen MR) is 142 cm³/mol. The standard InChI is InChI=1S/C31H31N3O2/c1-20-11-26(15-27(19-32)25-3-7-30(8-4-25)34(35)36)21(2)33(20)29-9-5-28(6-10-29)31-16-22-12-23(17-31)14-24(13-22)18-31/h3-11,15,22-24H,12-14,16-18H2,1-2H3/b27-15-. The molecular formula is C31H31N3O2. The molecule has 5 nitrogen and oxygen atoms in total. The first-order valence-corrected chi connectivity index (χ1v) is 13.0. The molecule has 4 aliphatic rings. The lowest BCUT2D eigenvalue weighted by Crippen LogP contribution is -2.48. The highest BCUT2D eigenvalue weighted by molar-refractivity contribution is 5.90. The molecule has 3 aromatic rings. The predicted octanol–water partition coefficient (Wildman–Crippen LogP) is 7.53. The van der Waals surface area contributed by atoms with Crippen molar-refractivity contribution in [2.45, 2.75) is 57.8 Å². The second-order valence-electron chi connectivity index (χ2n) is 11.4. The molecule has 5 heteroatoms. The van der Waals surface area contributed by atoms with Crippen LogP contribution in [0, 0.1) is 53.0 Å². The van der Waals surface area contributed by atoms with Gasteiger partial charge in [0.1, 0.15) is 0 Å². The fourth-order valence-corrected chi connectivity index (χ4v) is 7.86. The Kier molecular flexibility index (Phi) is 5.37. The van der Waals surface area contributed by atoms with Crippen molar-refractivity contribution in [3.05, 3.63) is 92.8 Å². The monoisotopic (exact) mass is 477 g/mol. The highest BCUT2D eigenvalue weighted by Crippen LogP contribution is 2.60. The van der Waals surface area contributed by atoms with Crippen molar-refractivity contribution in [3.63, 3.8) is 0 Å². The van der Waals surface area contributed by atoms with Crippen molar-refractivity contribution in [1.82, 2.24) is 4.57 Å². The Bertz CT molecular complexity index is 1370. The second kappa shape index (κ2) is 8.48. The molecular weight excluding hydrogens is 446 g/mol. The maximum absolute atomic E-state index is 11.0. The third-order valence-corrected chi connectivity index (χ3v) is 9.06. The molecule has 4 bridgehead atoms. The average molecular weight is 478 g/mol. The topological polar surface area (TPSA) is 71.9 Å². The van der Waals surface area contributed by atoms with Crippen LogP contribution in [0.3, 0.4) is 0 Å². The van der Waals surface area contributed by atoms with E-state index in [1.54, 1.807) is 12.1 Å². The van der Waals surface area contributed by atoms with Crippen molar-refractivity contribution >= 4 is 17.3 Å². The second-order valence-corrected chi connectivity index (χ2v) is 11.4. The lowest BCUT2D eigenvalue weighted by Gasteiger charge is -2.57. The minimum absolute atomic E-state index is 0.0196. The number of non-ortho nitro benzene ring substituents is 1. The number of nitrogens with zero attached hydrogens (tertiary/aromatic N) is 3. The normalized spacial score (nSPS) is 26.7. The third kappa shape index (κ3) is 3.76. The van der Waals surface area contributed by atoms with Crippen molar-refractivity contribution in [2.75, 3.05) is 0 Å². The van der Waals surface area contributed by atoms with E-state index in [1.807, 2.05) is 6.08 Å². The molecule has 0 aliphatic heterocycles. The first kappa shape index (κ1) is 22.8. The minimum atomic E-state index is -0.429. The smallest absolute Gasteiger partial charge is 0.269 e. The van der Waals surface area contributed by atoms with Gasteiger partial charge in [0, 0.05) is 29.2 Å². The molecule has 0 N–H and O–H groups in total. The largest absolute Gasteiger partial charge is 0.318 e. The lowest BCUT2D eigenvalue weighted by molar-refractivity contribution is -0.384. The molecule has 0 amide bonds. The van der Waals surface area contributed by atoms with Gasteiger partial charge in [0.15, 0.2) is 0 Å². The summed E-state index contributed by atoms with van der Waals surface area (Å²) in [7, 11) is 0. The number of nitriles is 1. The van der Waals surface area contributed by atoms with Crippen LogP contribution < -0.4 is 0 Å². The van der Waals surface area contributed by atoms with E-state index >= 15 is 0 Å². The van der Waals surface area contributed by atoms with E-state index in [2.05, 4.69) is 54.8 Å². The van der Waals surface area contributed by atoms with Gasteiger partial charge in [-0.1, -0.05) is 12.1 Å². The summed E-state index contributed by atoms with van der Waals surface area (Å²) in [5.74, 6) is 2.80. The van der Waals surface area contributed by atoms with Gasteiger partial charge in [-0.15, -0.1) is 0 Å². The highest BCUT2D eigenvalue weighted by atomic mass is 16.6. The zero-order valence-corrected chi connectivity index (χ0v) is 20.9. The summed E-state index contributed by atoms with van der Waals surface area (Å²) in [6, 6.07) is 19.8. The SMILES string of the molecule is Cc1cc(/C=C(/C#N)c2ccc([N+](=O)[O-])cc2)c(C)n1-c1ccc(C23CC4CC(CC(C4)C2)C3)cc1. The van der Waals surface area contributed by atoms with E-state index in [1.165, 1.54) is 56.2 Å². The van der Waals surface area contributed by atoms with Gasteiger partial charge in [0.05, 0.1) is 16.6 Å². The van der Waals surface area contributed by atoms with Crippen LogP contribution in [0.5, 0.6) is 0 Å². The van der Waals surface area contributed by atoms with Crippen LogP contribution in [0.15, 0.2) is 54.6 Å². The Morgan fingerprint density at radius 2 is 1.58 bits per heavy atom. The molecule has 4 saturated carbocycles. The first-order valence-electron chi connectivity index (χ1n) is 13.0. The lowest BCUT2D eigenvalue weighted by atomic mass is 9.48. The van der Waals surface area contributed by atoms with E-state index in [9.17, 15) is 15.4 Å². The summed E-state index contributed by atoms with van der Waals surface area (Å²) >= 11 is 0. The molecule has 36 heavy (non-hydrogen) atoms. The maximum Gasteiger partial charge on any atom is 0.269 e. The average Bonchev–Trinajstić information content (AvgIpc) is 3.14. The van der Waals surface area contributed by atoms with Crippen LogP contribution >= 0.6 is 0 Å². The van der Waals surface area contributed by atoms with Crippen LogP contribution in [0.4, 0.5) is 5.69 Å². The molecule has 1 aromatic heterocycles. The summed E-state index contributed by atoms with van der Waals surface area (Å²) < 4.78 is 2.25. The van der Waals surface area contributed by atoms with E-state index < -0.39 is 4.92 Å². The molecule has 0 spiro atoms. The van der Waals surface area contributed by atoms with Gasteiger partial charge in [-0.05, 0) is 129 Å². The number of nitro benzene ring substituents is 1. The fourth-order valence-electron chi connectivity index (χ4n) is 7.86. The number of benzene rings is 2. The molecule has 0 atom stereocenters. The first-order chi connectivity index (χ1) is 17.3. The van der Waals surface area contributed by atoms with Crippen molar-refractivity contribution in [3.8, 4) is 11.8 Å². The summed E-state index contributed by atoms with van der Waals surface area (Å²) in [6.07, 6.45) is 10.4. The molecule has 0 unspecified atom stereocenters. The van der Waals surface area contributed by atoms with Gasteiger partial charge in [-0.2, -0.15) is 5.26 Å². The number of hydrogen-bond acceptors (Lipinski definition) is 3. The minimum Gasteiger partial charge on any atom is -0.318 e. The number of rotatable bonds is 5.